The quantitative estimate of drug-likeness (QED) is 0.0161. The maximum absolute atomic E-state index is 13.3. The first-order chi connectivity index (χ1) is 59.1. The Labute approximate surface area is 772 Å². The zero-order chi connectivity index (χ0) is 92.3. The Morgan fingerprint density at radius 2 is 0.696 bits per heavy atom. The topological polar surface area (TPSA) is 319 Å². The van der Waals surface area contributed by atoms with Gasteiger partial charge >= 0.3 is 11.9 Å². The fourth-order valence-corrected chi connectivity index (χ4v) is 13.5. The number of hydrogen-bond donors (Lipinski definition) is 4. The van der Waals surface area contributed by atoms with E-state index in [4.69, 9.17) is 159 Å². The Hall–Kier alpha value is -9.38. The highest BCUT2D eigenvalue weighted by Gasteiger charge is 2.21. The summed E-state index contributed by atoms with van der Waals surface area (Å²) in [6.07, 6.45) is -1.67. The molecule has 6 aromatic carbocycles. The monoisotopic (exact) mass is 1970 g/mol. The molecule has 20 nitrogen and oxygen atoms in total. The maximum Gasteiger partial charge on any atom is 0.338 e. The first-order valence-corrected chi connectivity index (χ1v) is 42.1. The lowest BCUT2D eigenvalue weighted by molar-refractivity contribution is -0.142. The lowest BCUT2D eigenvalue weighted by Gasteiger charge is -2.13. The number of carbonyl (C=O) groups excluding carboxylic acids is 3. The molecule has 0 fully saturated rings. The van der Waals surface area contributed by atoms with Crippen LogP contribution >= 0.6 is 139 Å². The van der Waals surface area contributed by atoms with Crippen LogP contribution in [0, 0.1) is 57.6 Å². The SMILES string of the molecule is CC(CCOS(C)(=O)=O)c1cc(Cl)nc(-c2ccc(F)c(Cl)c2)c1.COC(=O)CC(O)c1cc(Cl)nc(-c2ccc(F)c(Cl)c2)c1.COC(=O)c1cc(Cl)nc(-c2ccc(F)c(Cl)c2)c1.N#CCC(=O)c1cc(Cl)nc(-c2ccc(F)c(Cl)c2)c1.N#CCC(O)c1cc(Cl)nc(-c2ccc(F)c(Cl)c2)c1.OCCC(O)c1cc(Cl)nc(-c2ccc(F)c(Cl)c2)c1. The number of nitriles is 2. The summed E-state index contributed by atoms with van der Waals surface area (Å²) in [5.74, 6) is -4.59. The Balaban J connectivity index is 0.000000206. The Kier molecular flexibility index (Phi) is 40.3. The molecule has 6 aromatic heterocycles. The summed E-state index contributed by atoms with van der Waals surface area (Å²) in [7, 11) is -0.953. The molecule has 0 saturated heterocycles. The second kappa shape index (κ2) is 49.1. The second-order valence-electron chi connectivity index (χ2n) is 26.0. The van der Waals surface area contributed by atoms with Crippen LogP contribution < -0.4 is 0 Å². The fourth-order valence-electron chi connectivity index (χ4n) is 10.7. The lowest BCUT2D eigenvalue weighted by Crippen LogP contribution is -2.08. The van der Waals surface area contributed by atoms with E-state index in [1.54, 1.807) is 36.4 Å². The summed E-state index contributed by atoms with van der Waals surface area (Å²) in [4.78, 5) is 59.1. The Morgan fingerprint density at radius 1 is 0.400 bits per heavy atom. The van der Waals surface area contributed by atoms with Gasteiger partial charge in [0.25, 0.3) is 10.1 Å². The van der Waals surface area contributed by atoms with Gasteiger partial charge < -0.3 is 29.9 Å². The molecule has 4 N–H and O–H groups in total. The van der Waals surface area contributed by atoms with Gasteiger partial charge in [0, 0.05) is 52.0 Å². The third kappa shape index (κ3) is 32.2. The number of Topliss-reactive ketones (excluding diaryl/α,β-unsaturated/α-hetero) is 1. The van der Waals surface area contributed by atoms with Gasteiger partial charge in [0.15, 0.2) is 5.78 Å². The van der Waals surface area contributed by atoms with Crippen molar-refractivity contribution < 1.29 is 83.2 Å². The number of nitrogens with zero attached hydrogens (tertiary/aromatic N) is 8. The second-order valence-corrected chi connectivity index (χ2v) is 32.4. The average Bonchev–Trinajstić information content (AvgIpc) is 0.845. The van der Waals surface area contributed by atoms with E-state index in [1.165, 1.54) is 160 Å². The highest BCUT2D eigenvalue weighted by atomic mass is 35.5. The number of aliphatic hydroxyl groups excluding tert-OH is 4. The van der Waals surface area contributed by atoms with Crippen molar-refractivity contribution in [1.82, 2.24) is 29.9 Å². The van der Waals surface area contributed by atoms with Crippen LogP contribution in [0.1, 0.15) is 106 Å². The van der Waals surface area contributed by atoms with E-state index >= 15 is 0 Å². The number of aliphatic hydroxyl groups is 4. The molecule has 0 spiro atoms. The van der Waals surface area contributed by atoms with Crippen LogP contribution in [-0.2, 0) is 28.6 Å². The molecule has 6 heterocycles. The van der Waals surface area contributed by atoms with Crippen LogP contribution in [-0.4, -0.2) is 110 Å². The third-order valence-electron chi connectivity index (χ3n) is 17.0. The molecule has 39 heteroatoms. The zero-order valence-corrected chi connectivity index (χ0v) is 74.8. The number of ether oxygens (including phenoxy) is 2. The number of halogens is 18. The standard InChI is InChI=1S/C16H16Cl2FNO3S.C15H12Cl2FNO3.C14H9Cl2FN2O.C14H7Cl2FN2O.C14H12Cl2FNO2.C13H8Cl2FNO2/c1-10(5-6-23-24(2,21)22)12-8-15(20-16(18)9-12)11-3-4-14(19)13(17)7-11;1-22-15(21)7-13(20)9-5-12(19-14(17)6-9)8-2-3-11(18)10(16)4-8;2*15-10-5-8(1-2-11(10)17)12-6-9(7-14(16)19-12)13(20)3-4-18;15-10-5-8(1-2-11(10)17)12-6-9(7-14(16)18-12)13(20)3-4-19;1-19-13(18)8-5-11(17-12(15)6-8)7-2-3-10(16)9(14)4-7/h3-4,7-10H,5-6H2,1-2H3;2-6,13,20H,7H2,1H3;1-2,5-7,13,20H,3H2;1-2,5-7H,3H2;1-2,5-7,13,19-20H,3-4H2;2-6H,1H3. The van der Waals surface area contributed by atoms with Crippen LogP contribution in [0.5, 0.6) is 0 Å². The van der Waals surface area contributed by atoms with Gasteiger partial charge in [-0.1, -0.05) is 146 Å². The molecule has 12 aromatic rings. The maximum atomic E-state index is 13.3. The van der Waals surface area contributed by atoms with E-state index < -0.39 is 75.3 Å². The summed E-state index contributed by atoms with van der Waals surface area (Å²) >= 11 is 70.0. The molecule has 0 aliphatic heterocycles. The number of carbonyl (C=O) groups is 3. The molecule has 12 rings (SSSR count). The van der Waals surface area contributed by atoms with E-state index in [2.05, 4.69) is 39.4 Å². The van der Waals surface area contributed by atoms with Crippen LogP contribution in [0.4, 0.5) is 26.3 Å². The minimum Gasteiger partial charge on any atom is -0.469 e. The normalized spacial score (nSPS) is 11.7. The number of rotatable bonds is 22. The highest BCUT2D eigenvalue weighted by molar-refractivity contribution is 7.86. The lowest BCUT2D eigenvalue weighted by atomic mass is 9.97. The van der Waals surface area contributed by atoms with Crippen molar-refractivity contribution in [1.29, 1.82) is 10.5 Å². The number of esters is 2. The van der Waals surface area contributed by atoms with Crippen molar-refractivity contribution in [3.05, 3.63) is 311 Å². The zero-order valence-electron chi connectivity index (χ0n) is 64.9. The Bertz CT molecular complexity index is 6110. The van der Waals surface area contributed by atoms with Gasteiger partial charge in [-0.05, 0) is 217 Å². The number of benzene rings is 6. The van der Waals surface area contributed by atoms with Gasteiger partial charge in [-0.2, -0.15) is 18.9 Å². The van der Waals surface area contributed by atoms with Gasteiger partial charge in [0.1, 0.15) is 65.8 Å². The molecule has 0 radical (unpaired) electrons. The summed E-state index contributed by atoms with van der Waals surface area (Å²) in [6, 6.07) is 47.2. The van der Waals surface area contributed by atoms with Gasteiger partial charge in [0.05, 0.1) is 147 Å². The molecule has 4 atom stereocenters. The largest absolute Gasteiger partial charge is 0.469 e. The summed E-state index contributed by atoms with van der Waals surface area (Å²) < 4.78 is 115. The third-order valence-corrected chi connectivity index (χ3v) is 20.5. The first kappa shape index (κ1) is 103. The van der Waals surface area contributed by atoms with Crippen molar-refractivity contribution in [2.45, 2.75) is 63.3 Å². The van der Waals surface area contributed by atoms with Crippen molar-refractivity contribution in [2.24, 2.45) is 0 Å². The Morgan fingerprint density at radius 3 is 1.00 bits per heavy atom. The van der Waals surface area contributed by atoms with E-state index in [9.17, 15) is 64.5 Å². The predicted octanol–water partition coefficient (Wildman–Crippen LogP) is 24.5. The summed E-state index contributed by atoms with van der Waals surface area (Å²) in [5, 5.41) is 56.6. The van der Waals surface area contributed by atoms with E-state index in [1.807, 2.05) is 19.1 Å². The molecule has 0 aliphatic carbocycles. The number of aromatic nitrogens is 6. The predicted molar refractivity (Wildman–Crippen MR) is 471 cm³/mol. The highest BCUT2D eigenvalue weighted by Crippen LogP contribution is 2.36. The van der Waals surface area contributed by atoms with Crippen LogP contribution in [0.15, 0.2) is 182 Å². The molecule has 0 bridgehead atoms. The number of ketones is 1. The molecule has 652 valence electrons. The summed E-state index contributed by atoms with van der Waals surface area (Å²) in [5.41, 5.74) is 8.98. The molecule has 0 aliphatic rings. The average molecular weight is 1970 g/mol. The molecule has 4 unspecified atom stereocenters. The van der Waals surface area contributed by atoms with E-state index in [0.29, 0.717) is 95.8 Å². The van der Waals surface area contributed by atoms with Crippen LogP contribution in [0.2, 0.25) is 61.1 Å². The van der Waals surface area contributed by atoms with Gasteiger partial charge in [-0.15, -0.1) is 0 Å². The first-order valence-electron chi connectivity index (χ1n) is 35.8. The van der Waals surface area contributed by atoms with Gasteiger partial charge in [-0.3, -0.25) is 13.8 Å². The number of methoxy groups -OCH3 is 2. The number of hydrogen-bond acceptors (Lipinski definition) is 20. The minimum atomic E-state index is -3.46. The molecule has 125 heavy (non-hydrogen) atoms. The van der Waals surface area contributed by atoms with Crippen molar-refractivity contribution in [2.75, 3.05) is 33.7 Å². The van der Waals surface area contributed by atoms with Gasteiger partial charge in [-0.25, -0.2) is 61.0 Å². The molecule has 0 saturated carbocycles. The minimum absolute atomic E-state index is 0.00178. The fraction of sp³-hybridized carbons (Fsp3) is 0.174. The van der Waals surface area contributed by atoms with Crippen molar-refractivity contribution in [3.8, 4) is 79.7 Å². The smallest absolute Gasteiger partial charge is 0.338 e. The number of pyridine rings is 6. The molecule has 0 amide bonds. The molecular weight excluding hydrogens is 1910 g/mol. The summed E-state index contributed by atoms with van der Waals surface area (Å²) in [6.45, 7) is 1.87. The van der Waals surface area contributed by atoms with Crippen LogP contribution in [0.3, 0.4) is 0 Å². The van der Waals surface area contributed by atoms with E-state index in [-0.39, 0.29) is 118 Å². The van der Waals surface area contributed by atoms with E-state index in [0.717, 1.165) is 11.8 Å². The van der Waals surface area contributed by atoms with Gasteiger partial charge in [0.2, 0.25) is 0 Å². The van der Waals surface area contributed by atoms with Crippen LogP contribution in [0.25, 0.3) is 67.5 Å². The van der Waals surface area contributed by atoms with Crippen molar-refractivity contribution in [3.63, 3.8) is 0 Å². The molecular formula is C86H64Cl12F6N8O12S. The van der Waals surface area contributed by atoms with Crippen molar-refractivity contribution >= 4 is 167 Å².